The second-order valence-electron chi connectivity index (χ2n) is 3.99. The van der Waals surface area contributed by atoms with Crippen molar-refractivity contribution in [1.82, 2.24) is 5.32 Å². The average Bonchev–Trinajstić information content (AvgIpc) is 3.04. The van der Waals surface area contributed by atoms with Gasteiger partial charge >= 0.3 is 0 Å². The van der Waals surface area contributed by atoms with Crippen molar-refractivity contribution in [3.63, 3.8) is 0 Å². The van der Waals surface area contributed by atoms with E-state index in [9.17, 15) is 4.79 Å². The van der Waals surface area contributed by atoms with Crippen LogP contribution in [0.1, 0.15) is 29.4 Å². The molecule has 0 bridgehead atoms. The first-order valence-electron chi connectivity index (χ1n) is 5.68. The van der Waals surface area contributed by atoms with E-state index in [2.05, 4.69) is 10.6 Å². The normalized spacial score (nSPS) is 14.5. The molecule has 1 saturated carbocycles. The fourth-order valence-corrected chi connectivity index (χ4v) is 2.62. The molecule has 0 unspecified atom stereocenters. The second kappa shape index (κ2) is 4.83. The summed E-state index contributed by atoms with van der Waals surface area (Å²) in [6.45, 7) is 2.75. The van der Waals surface area contributed by atoms with Crippen LogP contribution in [0.2, 0.25) is 0 Å². The molecule has 0 aliphatic heterocycles. The minimum atomic E-state index is -0.0996. The quantitative estimate of drug-likeness (QED) is 0.748. The van der Waals surface area contributed by atoms with Crippen LogP contribution in [0.15, 0.2) is 0 Å². The second-order valence-corrected chi connectivity index (χ2v) is 5.01. The Kier molecular flexibility index (Phi) is 3.42. The molecular weight excluding hydrogens is 238 g/mol. The number of anilines is 2. The lowest BCUT2D eigenvalue weighted by atomic mass is 10.3. The maximum absolute atomic E-state index is 11.9. The molecular formula is C11H17N3O2S. The van der Waals surface area contributed by atoms with Gasteiger partial charge in [-0.1, -0.05) is 0 Å². The first-order chi connectivity index (χ1) is 8.17. The Labute approximate surface area is 104 Å². The van der Waals surface area contributed by atoms with Crippen LogP contribution >= 0.6 is 11.3 Å². The molecule has 5 nitrogen and oxygen atoms in total. The Balaban J connectivity index is 2.23. The summed E-state index contributed by atoms with van der Waals surface area (Å²) >= 11 is 1.34. The zero-order valence-corrected chi connectivity index (χ0v) is 10.8. The Hall–Kier alpha value is -1.43. The van der Waals surface area contributed by atoms with Gasteiger partial charge < -0.3 is 21.1 Å². The van der Waals surface area contributed by atoms with Crippen molar-refractivity contribution in [1.29, 1.82) is 0 Å². The third kappa shape index (κ3) is 2.46. The number of methoxy groups -OCH3 is 1. The van der Waals surface area contributed by atoms with E-state index < -0.39 is 0 Å². The molecule has 94 valence electrons. The first-order valence-corrected chi connectivity index (χ1v) is 6.50. The van der Waals surface area contributed by atoms with E-state index in [0.29, 0.717) is 22.4 Å². The van der Waals surface area contributed by atoms with E-state index >= 15 is 0 Å². The molecule has 1 amide bonds. The van der Waals surface area contributed by atoms with Crippen molar-refractivity contribution >= 4 is 27.9 Å². The lowest BCUT2D eigenvalue weighted by Gasteiger charge is -2.03. The van der Waals surface area contributed by atoms with Crippen LogP contribution in [0.5, 0.6) is 5.75 Å². The number of nitrogens with two attached hydrogens (primary N) is 1. The van der Waals surface area contributed by atoms with Gasteiger partial charge in [0.05, 0.1) is 7.11 Å². The van der Waals surface area contributed by atoms with Gasteiger partial charge in [-0.2, -0.15) is 0 Å². The van der Waals surface area contributed by atoms with Crippen LogP contribution in [0.4, 0.5) is 10.7 Å². The zero-order valence-electron chi connectivity index (χ0n) is 10.0. The Morgan fingerprint density at radius 3 is 2.82 bits per heavy atom. The van der Waals surface area contributed by atoms with Crippen LogP contribution in [0.25, 0.3) is 0 Å². The van der Waals surface area contributed by atoms with Crippen LogP contribution in [0.3, 0.4) is 0 Å². The zero-order chi connectivity index (χ0) is 12.4. The SMILES string of the molecule is CCNc1sc(C(=O)NC2CC2)c(N)c1OC. The van der Waals surface area contributed by atoms with Gasteiger partial charge in [0.1, 0.15) is 15.6 Å². The number of nitrogen functional groups attached to an aromatic ring is 1. The van der Waals surface area contributed by atoms with E-state index in [1.54, 1.807) is 7.11 Å². The molecule has 0 spiro atoms. The molecule has 1 aliphatic rings. The monoisotopic (exact) mass is 255 g/mol. The van der Waals surface area contributed by atoms with Crippen molar-refractivity contribution in [2.24, 2.45) is 0 Å². The lowest BCUT2D eigenvalue weighted by molar-refractivity contribution is 0.0956. The fraction of sp³-hybridized carbons (Fsp3) is 0.545. The summed E-state index contributed by atoms with van der Waals surface area (Å²) in [7, 11) is 1.56. The minimum Gasteiger partial charge on any atom is -0.492 e. The van der Waals surface area contributed by atoms with E-state index in [1.807, 2.05) is 6.92 Å². The van der Waals surface area contributed by atoms with Gasteiger partial charge in [0.2, 0.25) is 0 Å². The third-order valence-electron chi connectivity index (χ3n) is 2.56. The van der Waals surface area contributed by atoms with Crippen molar-refractivity contribution in [3.8, 4) is 5.75 Å². The van der Waals surface area contributed by atoms with E-state index in [-0.39, 0.29) is 5.91 Å². The molecule has 1 aliphatic carbocycles. The van der Waals surface area contributed by atoms with E-state index in [4.69, 9.17) is 10.5 Å². The Morgan fingerprint density at radius 1 is 1.59 bits per heavy atom. The summed E-state index contributed by atoms with van der Waals surface area (Å²) < 4.78 is 5.22. The van der Waals surface area contributed by atoms with Crippen LogP contribution < -0.4 is 21.1 Å². The number of hydrogen-bond donors (Lipinski definition) is 3. The summed E-state index contributed by atoms with van der Waals surface area (Å²) in [5.74, 6) is 0.468. The van der Waals surface area contributed by atoms with Gasteiger partial charge in [0.15, 0.2) is 5.75 Å². The van der Waals surface area contributed by atoms with Crippen LogP contribution in [0, 0.1) is 0 Å². The summed E-state index contributed by atoms with van der Waals surface area (Å²) in [5, 5.41) is 6.88. The van der Waals surface area contributed by atoms with Gasteiger partial charge in [-0.15, -0.1) is 11.3 Å². The van der Waals surface area contributed by atoms with Gasteiger partial charge in [-0.25, -0.2) is 0 Å². The lowest BCUT2D eigenvalue weighted by Crippen LogP contribution is -2.25. The minimum absolute atomic E-state index is 0.0996. The Bertz CT molecular complexity index is 427. The molecule has 0 aromatic carbocycles. The number of rotatable bonds is 5. The summed E-state index contributed by atoms with van der Waals surface area (Å²) in [6, 6.07) is 0.331. The summed E-state index contributed by atoms with van der Waals surface area (Å²) in [6.07, 6.45) is 2.13. The maximum atomic E-state index is 11.9. The van der Waals surface area contributed by atoms with Gasteiger partial charge in [0.25, 0.3) is 5.91 Å². The van der Waals surface area contributed by atoms with Gasteiger partial charge in [-0.05, 0) is 19.8 Å². The largest absolute Gasteiger partial charge is 0.492 e. The number of hydrogen-bond acceptors (Lipinski definition) is 5. The molecule has 0 radical (unpaired) electrons. The van der Waals surface area contributed by atoms with Crippen molar-refractivity contribution in [2.45, 2.75) is 25.8 Å². The first kappa shape index (κ1) is 12.0. The molecule has 1 aromatic heterocycles. The molecule has 1 aromatic rings. The predicted octanol–water partition coefficient (Wildman–Crippen LogP) is 1.66. The molecule has 1 heterocycles. The molecule has 0 atom stereocenters. The standard InChI is InChI=1S/C11H17N3O2S/c1-3-13-11-8(16-2)7(12)9(17-11)10(15)14-6-4-5-6/h6,13H,3-5,12H2,1-2H3,(H,14,15). The van der Waals surface area contributed by atoms with Gasteiger partial charge in [-0.3, -0.25) is 4.79 Å². The molecule has 6 heteroatoms. The smallest absolute Gasteiger partial charge is 0.263 e. The topological polar surface area (TPSA) is 76.4 Å². The highest BCUT2D eigenvalue weighted by molar-refractivity contribution is 7.19. The molecule has 1 fully saturated rings. The van der Waals surface area contributed by atoms with Crippen LogP contribution in [-0.2, 0) is 0 Å². The summed E-state index contributed by atoms with van der Waals surface area (Å²) in [5.41, 5.74) is 6.35. The molecule has 0 saturated heterocycles. The van der Waals surface area contributed by atoms with Crippen LogP contribution in [-0.4, -0.2) is 25.6 Å². The maximum Gasteiger partial charge on any atom is 0.263 e. The number of amides is 1. The highest BCUT2D eigenvalue weighted by atomic mass is 32.1. The highest BCUT2D eigenvalue weighted by Crippen LogP contribution is 2.42. The molecule has 2 rings (SSSR count). The average molecular weight is 255 g/mol. The Morgan fingerprint density at radius 2 is 2.29 bits per heavy atom. The molecule has 4 N–H and O–H groups in total. The number of carbonyl (C=O) groups is 1. The highest BCUT2D eigenvalue weighted by Gasteiger charge is 2.27. The number of thiophene rings is 1. The fourth-order valence-electron chi connectivity index (χ4n) is 1.56. The van der Waals surface area contributed by atoms with E-state index in [1.165, 1.54) is 11.3 Å². The predicted molar refractivity (Wildman–Crippen MR) is 69.9 cm³/mol. The van der Waals surface area contributed by atoms with Gasteiger partial charge in [0, 0.05) is 12.6 Å². The van der Waals surface area contributed by atoms with Crippen molar-refractivity contribution in [3.05, 3.63) is 4.88 Å². The number of ether oxygens (including phenoxy) is 1. The molecule has 17 heavy (non-hydrogen) atoms. The van der Waals surface area contributed by atoms with Crippen molar-refractivity contribution in [2.75, 3.05) is 24.7 Å². The third-order valence-corrected chi connectivity index (χ3v) is 3.70. The van der Waals surface area contributed by atoms with E-state index in [0.717, 1.165) is 24.4 Å². The summed E-state index contributed by atoms with van der Waals surface area (Å²) in [4.78, 5) is 12.5. The number of carbonyl (C=O) groups excluding carboxylic acids is 1. The number of nitrogens with one attached hydrogen (secondary N) is 2. The van der Waals surface area contributed by atoms with Crippen molar-refractivity contribution < 1.29 is 9.53 Å².